The number of Topliss-reactive ketones (excluding diaryl/α,β-unsaturated/α-hetero) is 1. The Morgan fingerprint density at radius 2 is 1.87 bits per heavy atom. The van der Waals surface area contributed by atoms with Crippen molar-refractivity contribution in [2.45, 2.75) is 23.8 Å². The molecule has 1 atom stereocenters. The minimum absolute atomic E-state index is 0.0646. The number of carbonyl (C=O) groups is 3. The largest absolute Gasteiger partial charge is 0.456 e. The van der Waals surface area contributed by atoms with Crippen molar-refractivity contribution in [2.75, 3.05) is 27.2 Å². The number of nitrogens with zero attached hydrogens (tertiary/aromatic N) is 2. The van der Waals surface area contributed by atoms with Crippen molar-refractivity contribution in [2.24, 2.45) is 0 Å². The molecule has 0 radical (unpaired) electrons. The molecular formula is C20H22N2O6S2. The topological polar surface area (TPSA) is 101 Å². The Bertz CT molecular complexity index is 1030. The van der Waals surface area contributed by atoms with Gasteiger partial charge in [-0.15, -0.1) is 11.3 Å². The van der Waals surface area contributed by atoms with Gasteiger partial charge in [0.2, 0.25) is 10.0 Å². The second-order valence-corrected chi connectivity index (χ2v) is 10.1. The summed E-state index contributed by atoms with van der Waals surface area (Å²) in [7, 11) is -0.749. The fourth-order valence-electron chi connectivity index (χ4n) is 3.14. The van der Waals surface area contributed by atoms with Crippen LogP contribution in [0.25, 0.3) is 0 Å². The lowest BCUT2D eigenvalue weighted by molar-refractivity contribution is -0.147. The summed E-state index contributed by atoms with van der Waals surface area (Å²) < 4.78 is 30.4. The number of ether oxygens (including phenoxy) is 1. The third-order valence-corrected chi connectivity index (χ3v) is 7.51. The third-order valence-electron chi connectivity index (χ3n) is 4.82. The van der Waals surface area contributed by atoms with E-state index < -0.39 is 34.4 Å². The Labute approximate surface area is 179 Å². The Morgan fingerprint density at radius 3 is 2.47 bits per heavy atom. The quantitative estimate of drug-likeness (QED) is 0.473. The van der Waals surface area contributed by atoms with Crippen molar-refractivity contribution >= 4 is 39.0 Å². The van der Waals surface area contributed by atoms with E-state index in [0.717, 1.165) is 4.31 Å². The van der Waals surface area contributed by atoms with E-state index in [2.05, 4.69) is 0 Å². The first-order valence-corrected chi connectivity index (χ1v) is 11.6. The summed E-state index contributed by atoms with van der Waals surface area (Å²) in [5.41, 5.74) is 0.235. The van der Waals surface area contributed by atoms with Crippen LogP contribution in [0.2, 0.25) is 0 Å². The van der Waals surface area contributed by atoms with Crippen LogP contribution in [0.4, 0.5) is 0 Å². The van der Waals surface area contributed by atoms with Crippen LogP contribution >= 0.6 is 11.3 Å². The van der Waals surface area contributed by atoms with Crippen LogP contribution in [0, 0.1) is 0 Å². The highest BCUT2D eigenvalue weighted by Crippen LogP contribution is 2.23. The number of amides is 1. The van der Waals surface area contributed by atoms with Gasteiger partial charge in [0.05, 0.1) is 9.77 Å². The molecular weight excluding hydrogens is 428 g/mol. The molecule has 0 N–H and O–H groups in total. The van der Waals surface area contributed by atoms with E-state index >= 15 is 0 Å². The smallest absolute Gasteiger partial charge is 0.329 e. The molecule has 10 heteroatoms. The lowest BCUT2D eigenvalue weighted by Gasteiger charge is -2.22. The van der Waals surface area contributed by atoms with Crippen LogP contribution in [-0.2, 0) is 19.6 Å². The standard InChI is InChI=1S/C20H22N2O6S2/c1-21(2)30(26,27)15-9-7-14(8-10-15)17(23)13-28-20(25)16-5-3-11-22(16)19(24)18-6-4-12-29-18/h4,6-10,12,16H,3,5,11,13H2,1-2H3/t16-/m0/s1. The Hall–Kier alpha value is -2.56. The van der Waals surface area contributed by atoms with Crippen LogP contribution in [0.3, 0.4) is 0 Å². The summed E-state index contributed by atoms with van der Waals surface area (Å²) in [6.07, 6.45) is 1.17. The van der Waals surface area contributed by atoms with E-state index in [1.54, 1.807) is 17.5 Å². The maximum absolute atomic E-state index is 12.6. The van der Waals surface area contributed by atoms with Gasteiger partial charge in [0, 0.05) is 26.2 Å². The highest BCUT2D eigenvalue weighted by molar-refractivity contribution is 7.89. The zero-order chi connectivity index (χ0) is 21.9. The summed E-state index contributed by atoms with van der Waals surface area (Å²) in [6.45, 7) is -0.0115. The Balaban J connectivity index is 1.60. The van der Waals surface area contributed by atoms with Crippen molar-refractivity contribution in [1.82, 2.24) is 9.21 Å². The Kier molecular flexibility index (Phi) is 6.69. The zero-order valence-corrected chi connectivity index (χ0v) is 18.2. The fourth-order valence-corrected chi connectivity index (χ4v) is 4.72. The maximum atomic E-state index is 12.6. The number of carbonyl (C=O) groups excluding carboxylic acids is 3. The number of likely N-dealkylation sites (tertiary alicyclic amines) is 1. The maximum Gasteiger partial charge on any atom is 0.329 e. The first kappa shape index (κ1) is 22.1. The SMILES string of the molecule is CN(C)S(=O)(=O)c1ccc(C(=O)COC(=O)[C@@H]2CCCN2C(=O)c2cccs2)cc1. The second-order valence-electron chi connectivity index (χ2n) is 6.98. The molecule has 8 nitrogen and oxygen atoms in total. The lowest BCUT2D eigenvalue weighted by Crippen LogP contribution is -2.41. The van der Waals surface area contributed by atoms with Crippen molar-refractivity contribution < 1.29 is 27.5 Å². The molecule has 0 spiro atoms. The van der Waals surface area contributed by atoms with Crippen LogP contribution in [0.1, 0.15) is 32.9 Å². The second kappa shape index (κ2) is 9.07. The molecule has 2 aromatic rings. The van der Waals surface area contributed by atoms with Crippen molar-refractivity contribution in [3.8, 4) is 0 Å². The van der Waals surface area contributed by atoms with Gasteiger partial charge in [0.1, 0.15) is 6.04 Å². The van der Waals surface area contributed by atoms with Gasteiger partial charge in [-0.2, -0.15) is 0 Å². The van der Waals surface area contributed by atoms with E-state index in [1.165, 1.54) is 54.6 Å². The van der Waals surface area contributed by atoms with E-state index in [1.807, 2.05) is 0 Å². The van der Waals surface area contributed by atoms with Gasteiger partial charge in [-0.05, 0) is 48.6 Å². The molecule has 0 aliphatic carbocycles. The predicted octanol–water partition coefficient (Wildman–Crippen LogP) is 2.03. The molecule has 1 aliphatic rings. The number of esters is 1. The number of ketones is 1. The summed E-state index contributed by atoms with van der Waals surface area (Å²) >= 11 is 1.31. The molecule has 3 rings (SSSR count). The first-order valence-electron chi connectivity index (χ1n) is 9.28. The summed E-state index contributed by atoms with van der Waals surface area (Å²) in [4.78, 5) is 39.5. The van der Waals surface area contributed by atoms with Crippen LogP contribution in [0.5, 0.6) is 0 Å². The van der Waals surface area contributed by atoms with E-state index in [0.29, 0.717) is 24.3 Å². The summed E-state index contributed by atoms with van der Waals surface area (Å²) in [5, 5.41) is 1.80. The molecule has 0 bridgehead atoms. The predicted molar refractivity (Wildman–Crippen MR) is 111 cm³/mol. The molecule has 0 unspecified atom stereocenters. The molecule has 160 valence electrons. The minimum atomic E-state index is -3.59. The van der Waals surface area contributed by atoms with Gasteiger partial charge in [0.15, 0.2) is 12.4 Å². The number of hydrogen-bond donors (Lipinski definition) is 0. The molecule has 0 saturated carbocycles. The number of hydrogen-bond acceptors (Lipinski definition) is 7. The lowest BCUT2D eigenvalue weighted by atomic mass is 10.1. The monoisotopic (exact) mass is 450 g/mol. The van der Waals surface area contributed by atoms with Crippen LogP contribution in [0.15, 0.2) is 46.7 Å². The van der Waals surface area contributed by atoms with Gasteiger partial charge >= 0.3 is 5.97 Å². The number of sulfonamides is 1. The van der Waals surface area contributed by atoms with Gasteiger partial charge in [0.25, 0.3) is 5.91 Å². The average Bonchev–Trinajstić information content (AvgIpc) is 3.43. The number of benzene rings is 1. The molecule has 1 aromatic heterocycles. The van der Waals surface area contributed by atoms with Crippen molar-refractivity contribution in [3.05, 3.63) is 52.2 Å². The molecule has 1 fully saturated rings. The van der Waals surface area contributed by atoms with Crippen molar-refractivity contribution in [1.29, 1.82) is 0 Å². The summed E-state index contributed by atoms with van der Waals surface area (Å²) in [6, 6.07) is 8.21. The van der Waals surface area contributed by atoms with Gasteiger partial charge in [-0.25, -0.2) is 17.5 Å². The fraction of sp³-hybridized carbons (Fsp3) is 0.350. The summed E-state index contributed by atoms with van der Waals surface area (Å²) in [5.74, 6) is -1.28. The normalized spacial score (nSPS) is 16.6. The van der Waals surface area contributed by atoms with E-state index in [-0.39, 0.29) is 16.4 Å². The van der Waals surface area contributed by atoms with Crippen LogP contribution < -0.4 is 0 Å². The van der Waals surface area contributed by atoms with Gasteiger partial charge in [-0.1, -0.05) is 6.07 Å². The van der Waals surface area contributed by atoms with E-state index in [9.17, 15) is 22.8 Å². The molecule has 1 saturated heterocycles. The Morgan fingerprint density at radius 1 is 1.17 bits per heavy atom. The third kappa shape index (κ3) is 4.61. The average molecular weight is 451 g/mol. The van der Waals surface area contributed by atoms with Crippen molar-refractivity contribution in [3.63, 3.8) is 0 Å². The molecule has 1 aliphatic heterocycles. The first-order chi connectivity index (χ1) is 14.2. The highest BCUT2D eigenvalue weighted by atomic mass is 32.2. The van der Waals surface area contributed by atoms with Crippen LogP contribution in [-0.4, -0.2) is 68.6 Å². The molecule has 30 heavy (non-hydrogen) atoms. The highest BCUT2D eigenvalue weighted by Gasteiger charge is 2.36. The van der Waals surface area contributed by atoms with Gasteiger partial charge in [-0.3, -0.25) is 9.59 Å². The molecule has 1 amide bonds. The zero-order valence-electron chi connectivity index (χ0n) is 16.6. The number of thiophene rings is 1. The molecule has 2 heterocycles. The molecule has 1 aromatic carbocycles. The van der Waals surface area contributed by atoms with Gasteiger partial charge < -0.3 is 9.64 Å². The minimum Gasteiger partial charge on any atom is -0.456 e. The number of rotatable bonds is 7. The van der Waals surface area contributed by atoms with E-state index in [4.69, 9.17) is 4.74 Å².